The van der Waals surface area contributed by atoms with Gasteiger partial charge in [-0.1, -0.05) is 31.4 Å². The Labute approximate surface area is 106 Å². The van der Waals surface area contributed by atoms with Crippen LogP contribution in [0.4, 0.5) is 0 Å². The second kappa shape index (κ2) is 5.00. The van der Waals surface area contributed by atoms with E-state index in [1.54, 1.807) is 0 Å². The molecule has 0 radical (unpaired) electrons. The number of carbonyl (C=O) groups excluding carboxylic acids is 1. The summed E-state index contributed by atoms with van der Waals surface area (Å²) in [6, 6.07) is 0. The van der Waals surface area contributed by atoms with Gasteiger partial charge in [-0.2, -0.15) is 0 Å². The van der Waals surface area contributed by atoms with Crippen molar-refractivity contribution in [2.75, 3.05) is 6.54 Å². The largest absolute Gasteiger partial charge is 0.350 e. The zero-order chi connectivity index (χ0) is 12.3. The maximum absolute atomic E-state index is 11.8. The van der Waals surface area contributed by atoms with E-state index in [4.69, 9.17) is 11.6 Å². The lowest BCUT2D eigenvalue weighted by atomic mass is 9.89. The van der Waals surface area contributed by atoms with Crippen molar-refractivity contribution in [1.82, 2.24) is 15.3 Å². The third kappa shape index (κ3) is 3.16. The minimum Gasteiger partial charge on any atom is -0.350 e. The highest BCUT2D eigenvalue weighted by Gasteiger charge is 2.29. The Hall–Kier alpha value is -1.16. The number of aromatic nitrogens is 2. The summed E-state index contributed by atoms with van der Waals surface area (Å²) in [7, 11) is 0. The minimum absolute atomic E-state index is 0.178. The lowest BCUT2D eigenvalue weighted by molar-refractivity contribution is 0.0929. The molecule has 1 aliphatic carbocycles. The monoisotopic (exact) mass is 253 g/mol. The van der Waals surface area contributed by atoms with Crippen LogP contribution in [-0.4, -0.2) is 22.4 Å². The van der Waals surface area contributed by atoms with Crippen LogP contribution in [-0.2, 0) is 0 Å². The molecule has 1 N–H and O–H groups in total. The first-order valence-corrected chi connectivity index (χ1v) is 6.23. The highest BCUT2D eigenvalue weighted by atomic mass is 35.5. The third-order valence-corrected chi connectivity index (χ3v) is 3.53. The Morgan fingerprint density at radius 2 is 2.12 bits per heavy atom. The summed E-state index contributed by atoms with van der Waals surface area (Å²) in [6.07, 6.45) is 7.65. The molecule has 2 rings (SSSR count). The topological polar surface area (TPSA) is 54.9 Å². The van der Waals surface area contributed by atoms with Gasteiger partial charge in [-0.15, -0.1) is 0 Å². The summed E-state index contributed by atoms with van der Waals surface area (Å²) in [4.78, 5) is 19.6. The first kappa shape index (κ1) is 12.3. The van der Waals surface area contributed by atoms with Gasteiger partial charge in [-0.05, 0) is 18.3 Å². The summed E-state index contributed by atoms with van der Waals surface area (Å²) in [5, 5.41) is 3.21. The fourth-order valence-electron chi connectivity index (χ4n) is 2.22. The lowest BCUT2D eigenvalue weighted by Crippen LogP contribution is -2.34. The molecule has 92 valence electrons. The van der Waals surface area contributed by atoms with Gasteiger partial charge in [0.25, 0.3) is 5.91 Å². The van der Waals surface area contributed by atoms with Crippen LogP contribution >= 0.6 is 11.6 Å². The van der Waals surface area contributed by atoms with Crippen molar-refractivity contribution in [1.29, 1.82) is 0 Å². The second-order valence-electron chi connectivity index (χ2n) is 4.92. The molecule has 0 saturated heterocycles. The third-order valence-electron chi connectivity index (χ3n) is 3.34. The number of halogens is 1. The molecular weight excluding hydrogens is 238 g/mol. The molecule has 1 heterocycles. The van der Waals surface area contributed by atoms with Crippen LogP contribution < -0.4 is 5.32 Å². The quantitative estimate of drug-likeness (QED) is 0.900. The number of nitrogens with one attached hydrogen (secondary N) is 1. The Kier molecular flexibility index (Phi) is 3.62. The molecule has 0 aliphatic heterocycles. The van der Waals surface area contributed by atoms with E-state index in [2.05, 4.69) is 22.2 Å². The van der Waals surface area contributed by atoms with Crippen LogP contribution in [0, 0.1) is 5.41 Å². The molecule has 1 amide bonds. The average molecular weight is 254 g/mol. The van der Waals surface area contributed by atoms with E-state index in [1.165, 1.54) is 38.1 Å². The van der Waals surface area contributed by atoms with Crippen LogP contribution in [0.1, 0.15) is 43.1 Å². The van der Waals surface area contributed by atoms with Crippen LogP contribution in [0.3, 0.4) is 0 Å². The molecule has 17 heavy (non-hydrogen) atoms. The van der Waals surface area contributed by atoms with Crippen molar-refractivity contribution in [2.45, 2.75) is 32.6 Å². The number of amides is 1. The molecule has 1 aromatic rings. The molecule has 0 spiro atoms. The van der Waals surface area contributed by atoms with Crippen molar-refractivity contribution < 1.29 is 4.79 Å². The van der Waals surface area contributed by atoms with Crippen molar-refractivity contribution >= 4 is 17.5 Å². The van der Waals surface area contributed by atoms with Crippen LogP contribution in [0.25, 0.3) is 0 Å². The van der Waals surface area contributed by atoms with E-state index in [1.807, 2.05) is 0 Å². The summed E-state index contributed by atoms with van der Waals surface area (Å²) < 4.78 is 0. The number of hydrogen-bond donors (Lipinski definition) is 1. The zero-order valence-corrected chi connectivity index (χ0v) is 10.6. The fourth-order valence-corrected chi connectivity index (χ4v) is 2.32. The Morgan fingerprint density at radius 3 is 2.71 bits per heavy atom. The molecule has 1 aromatic heterocycles. The van der Waals surface area contributed by atoms with Crippen molar-refractivity contribution in [2.24, 2.45) is 5.41 Å². The maximum Gasteiger partial charge on any atom is 0.271 e. The van der Waals surface area contributed by atoms with Crippen LogP contribution in [0.5, 0.6) is 0 Å². The van der Waals surface area contributed by atoms with Gasteiger partial charge in [0.15, 0.2) is 0 Å². The van der Waals surface area contributed by atoms with Crippen molar-refractivity contribution in [3.63, 3.8) is 0 Å². The van der Waals surface area contributed by atoms with Gasteiger partial charge in [-0.25, -0.2) is 9.97 Å². The number of hydrogen-bond acceptors (Lipinski definition) is 3. The Morgan fingerprint density at radius 1 is 1.41 bits per heavy atom. The normalized spacial score (nSPS) is 18.0. The molecule has 0 bridgehead atoms. The molecule has 1 aliphatic rings. The molecule has 0 atom stereocenters. The summed E-state index contributed by atoms with van der Waals surface area (Å²) >= 11 is 5.61. The summed E-state index contributed by atoms with van der Waals surface area (Å²) in [6.45, 7) is 2.92. The Balaban J connectivity index is 1.91. The standard InChI is InChI=1S/C12H16ClN3O/c1-12(4-2-3-5-12)8-16-11(17)9-6-15-10(13)7-14-9/h6-7H,2-5,8H2,1H3,(H,16,17). The van der Waals surface area contributed by atoms with E-state index < -0.39 is 0 Å². The molecular formula is C12H16ClN3O. The van der Waals surface area contributed by atoms with Gasteiger partial charge in [0.05, 0.1) is 12.4 Å². The molecule has 1 fully saturated rings. The SMILES string of the molecule is CC1(CNC(=O)c2cnc(Cl)cn2)CCCC1. The molecule has 0 aromatic carbocycles. The van der Waals surface area contributed by atoms with Crippen LogP contribution in [0.15, 0.2) is 12.4 Å². The van der Waals surface area contributed by atoms with Gasteiger partial charge >= 0.3 is 0 Å². The van der Waals surface area contributed by atoms with E-state index in [9.17, 15) is 4.79 Å². The molecule has 1 saturated carbocycles. The highest BCUT2D eigenvalue weighted by molar-refractivity contribution is 6.29. The molecule has 5 heteroatoms. The Bertz CT molecular complexity index is 399. The van der Waals surface area contributed by atoms with Crippen molar-refractivity contribution in [3.8, 4) is 0 Å². The van der Waals surface area contributed by atoms with Crippen molar-refractivity contribution in [3.05, 3.63) is 23.2 Å². The number of rotatable bonds is 3. The van der Waals surface area contributed by atoms with Gasteiger partial charge in [0.1, 0.15) is 10.8 Å². The first-order valence-electron chi connectivity index (χ1n) is 5.85. The summed E-state index contributed by atoms with van der Waals surface area (Å²) in [5.74, 6) is -0.178. The van der Waals surface area contributed by atoms with Gasteiger partial charge < -0.3 is 5.32 Å². The molecule has 0 unspecified atom stereocenters. The number of nitrogens with zero attached hydrogens (tertiary/aromatic N) is 2. The predicted octanol–water partition coefficient (Wildman–Crippen LogP) is 2.44. The van der Waals surface area contributed by atoms with Gasteiger partial charge in [0.2, 0.25) is 0 Å². The minimum atomic E-state index is -0.178. The molecule has 4 nitrogen and oxygen atoms in total. The van der Waals surface area contributed by atoms with Gasteiger partial charge in [0, 0.05) is 6.54 Å². The summed E-state index contributed by atoms with van der Waals surface area (Å²) in [5.41, 5.74) is 0.561. The van der Waals surface area contributed by atoms with E-state index in [0.29, 0.717) is 17.4 Å². The zero-order valence-electron chi connectivity index (χ0n) is 9.87. The second-order valence-corrected chi connectivity index (χ2v) is 5.31. The fraction of sp³-hybridized carbons (Fsp3) is 0.583. The van der Waals surface area contributed by atoms with E-state index in [-0.39, 0.29) is 11.3 Å². The van der Waals surface area contributed by atoms with E-state index in [0.717, 1.165) is 0 Å². The first-order chi connectivity index (χ1) is 8.09. The van der Waals surface area contributed by atoms with Gasteiger partial charge in [-0.3, -0.25) is 4.79 Å². The smallest absolute Gasteiger partial charge is 0.271 e. The maximum atomic E-state index is 11.8. The lowest BCUT2D eigenvalue weighted by Gasteiger charge is -2.23. The predicted molar refractivity (Wildman–Crippen MR) is 66.0 cm³/mol. The average Bonchev–Trinajstić information content (AvgIpc) is 2.75. The number of carbonyl (C=O) groups is 1. The highest BCUT2D eigenvalue weighted by Crippen LogP contribution is 2.36. The van der Waals surface area contributed by atoms with Crippen LogP contribution in [0.2, 0.25) is 5.15 Å². The van der Waals surface area contributed by atoms with E-state index >= 15 is 0 Å².